The number of rotatable bonds is 18. The van der Waals surface area contributed by atoms with Crippen LogP contribution in [0.25, 0.3) is 0 Å². The van der Waals surface area contributed by atoms with Crippen molar-refractivity contribution in [2.24, 2.45) is 22.4 Å². The molecule has 0 aromatic heterocycles. The fraction of sp³-hybridized carbons (Fsp3) is 0.381. The lowest BCUT2D eigenvalue weighted by atomic mass is 9.69. The number of carbonyl (C=O) groups excluding carboxylic acids is 1. The Morgan fingerprint density at radius 3 is 2.55 bits per heavy atom. The fourth-order valence-corrected chi connectivity index (χ4v) is 6.96. The highest BCUT2D eigenvalue weighted by Gasteiger charge is 2.33. The Morgan fingerprint density at radius 1 is 1.00 bits per heavy atom. The lowest BCUT2D eigenvalue weighted by molar-refractivity contribution is -0.317. The van der Waals surface area contributed by atoms with Crippen LogP contribution in [-0.2, 0) is 24.1 Å². The number of nitrogens with two attached hydrogens (primary N) is 2. The number of unbranched alkanes of at least 4 members (excludes halogenated alkanes) is 4. The maximum atomic E-state index is 13.8. The van der Waals surface area contributed by atoms with Gasteiger partial charge in [0.05, 0.1) is 12.8 Å². The first kappa shape index (κ1) is 37.6. The van der Waals surface area contributed by atoms with Crippen molar-refractivity contribution in [1.29, 1.82) is 0 Å². The number of hydrogen-bond acceptors (Lipinski definition) is 9. The highest BCUT2D eigenvalue weighted by Crippen LogP contribution is 2.47. The molecule has 0 amide bonds. The first-order chi connectivity index (χ1) is 24.7. The van der Waals surface area contributed by atoms with Gasteiger partial charge >= 0.3 is 0 Å². The topological polar surface area (TPSA) is 166 Å². The van der Waals surface area contributed by atoms with Crippen molar-refractivity contribution in [3.63, 3.8) is 0 Å². The molecule has 0 saturated heterocycles. The van der Waals surface area contributed by atoms with E-state index in [1.54, 1.807) is 42.8 Å². The molecule has 2 atom stereocenters. The second-order valence-electron chi connectivity index (χ2n) is 13.5. The Bertz CT molecular complexity index is 1760. The largest absolute Gasteiger partial charge is 0.875 e. The van der Waals surface area contributed by atoms with Gasteiger partial charge in [-0.3, -0.25) is 9.79 Å². The van der Waals surface area contributed by atoms with Crippen molar-refractivity contribution in [2.45, 2.75) is 76.3 Å². The zero-order valence-corrected chi connectivity index (χ0v) is 29.5. The van der Waals surface area contributed by atoms with Crippen molar-refractivity contribution in [1.82, 2.24) is 5.32 Å². The van der Waals surface area contributed by atoms with Crippen LogP contribution >= 0.6 is 0 Å². The number of hydrogen-bond donors (Lipinski definition) is 5. The fourth-order valence-electron chi connectivity index (χ4n) is 6.96. The van der Waals surface area contributed by atoms with Crippen LogP contribution in [0, 0.1) is 5.92 Å². The second kappa shape index (κ2) is 18.5. The van der Waals surface area contributed by atoms with Crippen molar-refractivity contribution in [2.75, 3.05) is 20.2 Å². The van der Waals surface area contributed by atoms with Crippen LogP contribution in [0.15, 0.2) is 95.3 Å². The normalized spacial score (nSPS) is 17.7. The Balaban J connectivity index is 1.23. The summed E-state index contributed by atoms with van der Waals surface area (Å²) in [5.74, 6) is -0.186. The molecule has 270 valence electrons. The summed E-state index contributed by atoms with van der Waals surface area (Å²) in [6, 6.07) is 16.5. The van der Waals surface area contributed by atoms with Crippen molar-refractivity contribution < 1.29 is 24.9 Å². The first-order valence-corrected chi connectivity index (χ1v) is 18.1. The number of allylic oxidation sites excluding steroid dienone is 5. The predicted molar refractivity (Wildman–Crippen MR) is 201 cm³/mol. The number of fused-ring (bicyclic) bond motifs is 1. The Kier molecular flexibility index (Phi) is 13.6. The average Bonchev–Trinajstić information content (AvgIpc) is 3.68. The third-order valence-corrected chi connectivity index (χ3v) is 9.80. The number of carbonyl (C=O) groups is 1. The van der Waals surface area contributed by atoms with Crippen LogP contribution in [0.5, 0.6) is 17.2 Å². The molecular weight excluding hydrogens is 640 g/mol. The van der Waals surface area contributed by atoms with Gasteiger partial charge < -0.3 is 36.8 Å². The number of phenols is 2. The van der Waals surface area contributed by atoms with Gasteiger partial charge in [-0.1, -0.05) is 55.3 Å². The van der Waals surface area contributed by atoms with Gasteiger partial charge in [0.15, 0.2) is 17.3 Å². The zero-order valence-electron chi connectivity index (χ0n) is 29.5. The van der Waals surface area contributed by atoms with Crippen molar-refractivity contribution in [3.8, 4) is 17.2 Å². The molecule has 7 N–H and O–H groups in total. The zero-order chi connectivity index (χ0) is 36.2. The van der Waals surface area contributed by atoms with Gasteiger partial charge in [-0.15, -0.1) is 5.76 Å². The van der Waals surface area contributed by atoms with E-state index in [1.165, 1.54) is 19.3 Å². The van der Waals surface area contributed by atoms with E-state index in [9.17, 15) is 20.1 Å². The summed E-state index contributed by atoms with van der Waals surface area (Å²) < 4.78 is 6.03. The van der Waals surface area contributed by atoms with E-state index in [2.05, 4.69) is 10.3 Å². The van der Waals surface area contributed by atoms with E-state index in [1.807, 2.05) is 49.5 Å². The summed E-state index contributed by atoms with van der Waals surface area (Å²) in [5, 5.41) is 38.6. The number of aromatic hydroxyl groups is 2. The molecule has 2 aliphatic rings. The number of aryl methyl sites for hydroxylation is 2. The number of nitrogens with one attached hydrogen (secondary N) is 1. The summed E-state index contributed by atoms with van der Waals surface area (Å²) in [6.07, 6.45) is 16.3. The van der Waals surface area contributed by atoms with E-state index < -0.39 is 12.1 Å². The lowest BCUT2D eigenvalue weighted by Gasteiger charge is -2.39. The maximum Gasteiger partial charge on any atom is 0.161 e. The third-order valence-electron chi connectivity index (χ3n) is 9.80. The van der Waals surface area contributed by atoms with E-state index in [-0.39, 0.29) is 35.6 Å². The Labute approximate surface area is 301 Å². The van der Waals surface area contributed by atoms with Crippen LogP contribution in [0.2, 0.25) is 0 Å². The molecule has 0 spiro atoms. The average molecular weight is 692 g/mol. The molecule has 51 heavy (non-hydrogen) atoms. The number of phenolic OH excluding ortho intramolecular Hbond substituents is 2. The van der Waals surface area contributed by atoms with Gasteiger partial charge in [0.2, 0.25) is 0 Å². The van der Waals surface area contributed by atoms with Gasteiger partial charge in [-0.25, -0.2) is 0 Å². The summed E-state index contributed by atoms with van der Waals surface area (Å²) in [5.41, 5.74) is 17.9. The van der Waals surface area contributed by atoms with Gasteiger partial charge in [-0.2, -0.15) is 0 Å². The molecule has 3 aromatic rings. The molecule has 1 aliphatic carbocycles. The second-order valence-corrected chi connectivity index (χ2v) is 13.5. The van der Waals surface area contributed by atoms with Gasteiger partial charge in [0, 0.05) is 36.7 Å². The maximum absolute atomic E-state index is 13.8. The van der Waals surface area contributed by atoms with Crippen LogP contribution in [-0.4, -0.2) is 42.4 Å². The molecule has 9 nitrogen and oxygen atoms in total. The van der Waals surface area contributed by atoms with E-state index in [4.69, 9.17) is 16.2 Å². The highest BCUT2D eigenvalue weighted by atomic mass is 16.5. The molecule has 5 rings (SSSR count). The molecule has 1 aliphatic heterocycles. The van der Waals surface area contributed by atoms with E-state index in [0.29, 0.717) is 49.0 Å². The summed E-state index contributed by atoms with van der Waals surface area (Å²) in [6.45, 7) is 1.32. The summed E-state index contributed by atoms with van der Waals surface area (Å²) in [7, 11) is 1.97. The lowest BCUT2D eigenvalue weighted by Crippen LogP contribution is -2.30. The SMILES string of the molecule is CNCCCCCCC=CC(=O)CCc1ccc(O)c(OCCc2ccc(O)c(C3c4ccc(C(N)N)cc4CCC3C([O-])=C3C=CN=C3)c2)c1. The van der Waals surface area contributed by atoms with Crippen molar-refractivity contribution in [3.05, 3.63) is 124 Å². The van der Waals surface area contributed by atoms with Crippen LogP contribution < -0.4 is 26.6 Å². The minimum atomic E-state index is -0.608. The third kappa shape index (κ3) is 10.2. The minimum Gasteiger partial charge on any atom is -0.875 e. The number of ketones is 1. The molecule has 0 radical (unpaired) electrons. The molecule has 3 aromatic carbocycles. The number of benzene rings is 3. The number of nitrogens with zero attached hydrogens (tertiary/aromatic N) is 1. The Morgan fingerprint density at radius 2 is 1.78 bits per heavy atom. The Hall–Kier alpha value is -4.70. The highest BCUT2D eigenvalue weighted by molar-refractivity contribution is 5.89. The van der Waals surface area contributed by atoms with E-state index in [0.717, 1.165) is 47.2 Å². The minimum absolute atomic E-state index is 0.00439. The molecule has 0 bridgehead atoms. The summed E-state index contributed by atoms with van der Waals surface area (Å²) >= 11 is 0. The summed E-state index contributed by atoms with van der Waals surface area (Å²) in [4.78, 5) is 16.5. The van der Waals surface area contributed by atoms with Gasteiger partial charge in [0.25, 0.3) is 0 Å². The van der Waals surface area contributed by atoms with Crippen LogP contribution in [0.4, 0.5) is 0 Å². The van der Waals surface area contributed by atoms with Crippen molar-refractivity contribution >= 4 is 12.0 Å². The standard InChI is InChI=1S/C42H52N4O5/c1-45-21-7-5-3-2-4-6-8-33(47)14-9-28-11-18-38(49)39(25-28)51-23-20-29-10-17-37(48)36(24-29)40-34-15-13-31(42(43)44)26-30(34)12-16-35(40)41(50)32-19-22-46-27-32/h6,8,10-11,13,15,17-19,22,24-27,35,40,42,45,48-50H,2-5,7,9,12,14,16,20-21,23,43-44H2,1H3/p-1. The molecular formula is C42H51N4O5-. The number of aliphatic imine (C=N–C) groups is 1. The first-order valence-electron chi connectivity index (χ1n) is 18.1. The molecule has 9 heteroatoms. The monoisotopic (exact) mass is 691 g/mol. The van der Waals surface area contributed by atoms with Crippen LogP contribution in [0.3, 0.4) is 0 Å². The molecule has 0 saturated carbocycles. The van der Waals surface area contributed by atoms with Gasteiger partial charge in [0.1, 0.15) is 5.75 Å². The smallest absolute Gasteiger partial charge is 0.161 e. The molecule has 1 heterocycles. The molecule has 2 unspecified atom stereocenters. The quantitative estimate of drug-likeness (QED) is 0.0485. The van der Waals surface area contributed by atoms with E-state index >= 15 is 0 Å². The van der Waals surface area contributed by atoms with Crippen LogP contribution in [0.1, 0.15) is 90.4 Å². The predicted octanol–water partition coefficient (Wildman–Crippen LogP) is 5.77. The van der Waals surface area contributed by atoms with Gasteiger partial charge in [-0.05, 0) is 122 Å². The molecule has 0 fully saturated rings. The number of ether oxygens (including phenoxy) is 1.